The average Bonchev–Trinajstić information content (AvgIpc) is 3.68. The second-order valence-electron chi connectivity index (χ2n) is 12.1. The van der Waals surface area contributed by atoms with E-state index < -0.39 is 23.8 Å². The van der Waals surface area contributed by atoms with Gasteiger partial charge in [-0.2, -0.15) is 0 Å². The molecule has 3 unspecified atom stereocenters. The van der Waals surface area contributed by atoms with Crippen molar-refractivity contribution >= 4 is 17.9 Å². The van der Waals surface area contributed by atoms with Crippen molar-refractivity contribution < 1.29 is 33.7 Å². The van der Waals surface area contributed by atoms with Crippen molar-refractivity contribution in [2.75, 3.05) is 87.4 Å². The van der Waals surface area contributed by atoms with Gasteiger partial charge in [-0.25, -0.2) is 4.79 Å². The number of amides is 3. The minimum atomic E-state index is -0.919. The molecular weight excluding hydrogens is 554 g/mol. The highest BCUT2D eigenvalue weighted by Crippen LogP contribution is 2.47. The Bertz CT molecular complexity index is 1130. The Morgan fingerprint density at radius 1 is 1.09 bits per heavy atom. The number of aliphatic carboxylic acids is 1. The molecule has 240 valence electrons. The lowest BCUT2D eigenvalue weighted by Crippen LogP contribution is -2.46. The lowest BCUT2D eigenvalue weighted by Gasteiger charge is -2.30. The average molecular weight is 604 g/mol. The Morgan fingerprint density at radius 2 is 1.84 bits per heavy atom. The number of fused-ring (bicyclic) bond motifs is 1. The summed E-state index contributed by atoms with van der Waals surface area (Å²) in [5.74, 6) is -0.547. The third-order valence-electron chi connectivity index (χ3n) is 8.90. The molecule has 3 amide bonds. The Kier molecular flexibility index (Phi) is 11.4. The summed E-state index contributed by atoms with van der Waals surface area (Å²) in [5, 5.41) is 10.6. The van der Waals surface area contributed by atoms with Gasteiger partial charge in [-0.1, -0.05) is 13.3 Å². The highest BCUT2D eigenvalue weighted by Gasteiger charge is 2.48. The maximum atomic E-state index is 13.8. The molecule has 12 nitrogen and oxygen atoms in total. The Balaban J connectivity index is 1.58. The van der Waals surface area contributed by atoms with Gasteiger partial charge in [0, 0.05) is 58.3 Å². The van der Waals surface area contributed by atoms with E-state index in [0.717, 1.165) is 37.8 Å². The maximum absolute atomic E-state index is 13.8. The van der Waals surface area contributed by atoms with Gasteiger partial charge >= 0.3 is 12.0 Å². The molecule has 3 aliphatic rings. The molecule has 0 aromatic heterocycles. The first-order valence-corrected chi connectivity index (χ1v) is 15.5. The van der Waals surface area contributed by atoms with E-state index in [2.05, 4.69) is 11.8 Å². The maximum Gasteiger partial charge on any atom is 0.319 e. The number of nitrogens with zero attached hydrogens (tertiary/aromatic N) is 5. The predicted octanol–water partition coefficient (Wildman–Crippen LogP) is 2.62. The normalized spacial score (nSPS) is 21.7. The first kappa shape index (κ1) is 32.7. The summed E-state index contributed by atoms with van der Waals surface area (Å²) >= 11 is 0. The smallest absolute Gasteiger partial charge is 0.319 e. The summed E-state index contributed by atoms with van der Waals surface area (Å²) < 4.78 is 16.8. The van der Waals surface area contributed by atoms with Crippen molar-refractivity contribution in [3.8, 4) is 17.2 Å². The molecular formula is C31H49N5O7. The number of carbonyl (C=O) groups excluding carboxylic acids is 2. The van der Waals surface area contributed by atoms with Gasteiger partial charge in [-0.15, -0.1) is 0 Å². The van der Waals surface area contributed by atoms with E-state index in [-0.39, 0.29) is 25.3 Å². The quantitative estimate of drug-likeness (QED) is 0.285. The van der Waals surface area contributed by atoms with Crippen LogP contribution in [0.4, 0.5) is 4.79 Å². The Morgan fingerprint density at radius 3 is 2.49 bits per heavy atom. The molecule has 0 aliphatic carbocycles. The van der Waals surface area contributed by atoms with Crippen molar-refractivity contribution in [3.05, 3.63) is 17.7 Å². The van der Waals surface area contributed by atoms with Crippen molar-refractivity contribution in [1.29, 1.82) is 0 Å². The summed E-state index contributed by atoms with van der Waals surface area (Å²) in [4.78, 5) is 48.9. The molecule has 0 radical (unpaired) electrons. The molecule has 43 heavy (non-hydrogen) atoms. The van der Waals surface area contributed by atoms with Crippen LogP contribution in [0.3, 0.4) is 0 Å². The van der Waals surface area contributed by atoms with Crippen LogP contribution >= 0.6 is 0 Å². The number of likely N-dealkylation sites (N-methyl/N-ethyl adjacent to an activating group) is 1. The van der Waals surface area contributed by atoms with Gasteiger partial charge in [0.25, 0.3) is 0 Å². The summed E-state index contributed by atoms with van der Waals surface area (Å²) in [5.41, 5.74) is 0.775. The molecule has 3 heterocycles. The zero-order valence-electron chi connectivity index (χ0n) is 26.4. The molecule has 2 saturated heterocycles. The highest BCUT2D eigenvalue weighted by atomic mass is 16.7. The topological polar surface area (TPSA) is 115 Å². The minimum Gasteiger partial charge on any atom is -0.493 e. The zero-order valence-corrected chi connectivity index (χ0v) is 26.4. The number of hydrogen-bond acceptors (Lipinski definition) is 8. The highest BCUT2D eigenvalue weighted by molar-refractivity contribution is 5.79. The second kappa shape index (κ2) is 15.0. The van der Waals surface area contributed by atoms with E-state index in [9.17, 15) is 19.5 Å². The molecule has 0 bridgehead atoms. The molecule has 2 fully saturated rings. The van der Waals surface area contributed by atoms with Gasteiger partial charge in [0.15, 0.2) is 11.5 Å². The summed E-state index contributed by atoms with van der Waals surface area (Å²) in [6.07, 6.45) is 4.29. The van der Waals surface area contributed by atoms with Crippen molar-refractivity contribution in [2.45, 2.75) is 51.0 Å². The number of carbonyl (C=O) groups is 3. The van der Waals surface area contributed by atoms with E-state index in [1.165, 1.54) is 0 Å². The van der Waals surface area contributed by atoms with Crippen molar-refractivity contribution in [1.82, 2.24) is 24.5 Å². The fourth-order valence-electron chi connectivity index (χ4n) is 6.47. The summed E-state index contributed by atoms with van der Waals surface area (Å²) in [7, 11) is 7.42. The molecule has 3 atom stereocenters. The van der Waals surface area contributed by atoms with Gasteiger partial charge in [-0.3, -0.25) is 14.5 Å². The van der Waals surface area contributed by atoms with Crippen LogP contribution in [0.2, 0.25) is 0 Å². The number of methoxy groups -OCH3 is 1. The number of hydrogen-bond donors (Lipinski definition) is 1. The molecule has 1 aromatic carbocycles. The zero-order chi connectivity index (χ0) is 31.1. The second-order valence-corrected chi connectivity index (χ2v) is 12.1. The van der Waals surface area contributed by atoms with E-state index >= 15 is 0 Å². The third kappa shape index (κ3) is 7.83. The van der Waals surface area contributed by atoms with Crippen molar-refractivity contribution in [3.63, 3.8) is 0 Å². The lowest BCUT2D eigenvalue weighted by atomic mass is 9.84. The van der Waals surface area contributed by atoms with Gasteiger partial charge in [0.05, 0.1) is 19.6 Å². The van der Waals surface area contributed by atoms with E-state index in [1.807, 2.05) is 36.0 Å². The standard InChI is InChI=1S/C31H49N5O7/c1-6-7-12-34(13-9-8-11-32(2)3)27(37)20-36-19-23(22-17-25(41-5)29-26(18-22)42-21-43-29)28(30(38)39)24(36)10-14-35-16-15-33(4)31(35)40/h17-18,23-24,28H,6-16,19-21H2,1-5H3,(H,38,39). The van der Waals surface area contributed by atoms with Crippen LogP contribution in [0, 0.1) is 5.92 Å². The van der Waals surface area contributed by atoms with Gasteiger partial charge in [0.1, 0.15) is 0 Å². The van der Waals surface area contributed by atoms with Crippen molar-refractivity contribution in [2.24, 2.45) is 5.92 Å². The molecule has 1 N–H and O–H groups in total. The molecule has 0 spiro atoms. The Hall–Kier alpha value is -3.25. The SMILES string of the molecule is CCCCN(CCCCN(C)C)C(=O)CN1CC(c2cc(OC)c3c(c2)OCO3)C(C(=O)O)C1CCN1CCN(C)C1=O. The third-order valence-corrected chi connectivity index (χ3v) is 8.90. The predicted molar refractivity (Wildman–Crippen MR) is 162 cm³/mol. The first-order valence-electron chi connectivity index (χ1n) is 15.5. The number of benzene rings is 1. The van der Waals surface area contributed by atoms with E-state index in [0.29, 0.717) is 62.9 Å². The number of ether oxygens (including phenoxy) is 3. The van der Waals surface area contributed by atoms with Crippen LogP contribution < -0.4 is 14.2 Å². The fourth-order valence-corrected chi connectivity index (χ4v) is 6.47. The Labute approximate surface area is 255 Å². The fraction of sp³-hybridized carbons (Fsp3) is 0.710. The molecule has 12 heteroatoms. The van der Waals surface area contributed by atoms with Crippen LogP contribution in [-0.4, -0.2) is 141 Å². The molecule has 3 aliphatic heterocycles. The number of likely N-dealkylation sites (tertiary alicyclic amines) is 1. The van der Waals surface area contributed by atoms with Crippen LogP contribution in [0.5, 0.6) is 17.2 Å². The number of urea groups is 1. The number of carboxylic acid groups (broad SMARTS) is 1. The number of unbranched alkanes of at least 4 members (excludes halogenated alkanes) is 2. The van der Waals surface area contributed by atoms with Gasteiger partial charge < -0.3 is 38.9 Å². The lowest BCUT2D eigenvalue weighted by molar-refractivity contribution is -0.144. The number of carboxylic acids is 1. The van der Waals surface area contributed by atoms with Gasteiger partial charge in [0.2, 0.25) is 18.4 Å². The van der Waals surface area contributed by atoms with Crippen LogP contribution in [0.1, 0.15) is 50.5 Å². The number of rotatable bonds is 16. The first-order chi connectivity index (χ1) is 20.6. The monoisotopic (exact) mass is 603 g/mol. The minimum absolute atomic E-state index is 0.0216. The van der Waals surface area contributed by atoms with Gasteiger partial charge in [-0.05, 0) is 64.0 Å². The van der Waals surface area contributed by atoms with Crippen LogP contribution in [-0.2, 0) is 9.59 Å². The molecule has 0 saturated carbocycles. The van der Waals surface area contributed by atoms with Crippen LogP contribution in [0.15, 0.2) is 12.1 Å². The van der Waals surface area contributed by atoms with E-state index in [1.54, 1.807) is 24.0 Å². The molecule has 4 rings (SSSR count). The largest absolute Gasteiger partial charge is 0.493 e. The summed E-state index contributed by atoms with van der Waals surface area (Å²) in [6.45, 7) is 6.76. The van der Waals surface area contributed by atoms with Crippen LogP contribution in [0.25, 0.3) is 0 Å². The molecule has 1 aromatic rings. The van der Waals surface area contributed by atoms with E-state index in [4.69, 9.17) is 14.2 Å². The summed E-state index contributed by atoms with van der Waals surface area (Å²) in [6, 6.07) is 3.19.